The number of aromatic nitrogens is 2. The van der Waals surface area contributed by atoms with E-state index in [2.05, 4.69) is 15.3 Å². The molecule has 28 heavy (non-hydrogen) atoms. The first-order valence-electron chi connectivity index (χ1n) is 9.14. The SMILES string of the molecule is Cc1ccc(NC(=O)CSCc2nc3sc4c(c3c(=O)[nH]2)CCC4)c(C)c1O. The Balaban J connectivity index is 1.39. The molecule has 0 aliphatic heterocycles. The second kappa shape index (κ2) is 7.60. The van der Waals surface area contributed by atoms with Gasteiger partial charge in [-0.1, -0.05) is 6.07 Å². The Labute approximate surface area is 170 Å². The Morgan fingerprint density at radius 1 is 1.36 bits per heavy atom. The molecule has 0 fully saturated rings. The highest BCUT2D eigenvalue weighted by atomic mass is 32.2. The maximum absolute atomic E-state index is 12.5. The lowest BCUT2D eigenvalue weighted by atomic mass is 10.1. The third-order valence-corrected chi connectivity index (χ3v) is 7.13. The topological polar surface area (TPSA) is 95.1 Å². The first kappa shape index (κ1) is 19.0. The fourth-order valence-corrected chi connectivity index (χ4v) is 5.48. The minimum absolute atomic E-state index is 0.0739. The average Bonchev–Trinajstić information content (AvgIpc) is 3.23. The third kappa shape index (κ3) is 3.54. The summed E-state index contributed by atoms with van der Waals surface area (Å²) in [7, 11) is 0. The molecule has 0 atom stereocenters. The van der Waals surface area contributed by atoms with Crippen LogP contribution in [-0.4, -0.2) is 26.7 Å². The lowest BCUT2D eigenvalue weighted by Gasteiger charge is -2.11. The van der Waals surface area contributed by atoms with Crippen LogP contribution in [0.4, 0.5) is 5.69 Å². The Kier molecular flexibility index (Phi) is 5.16. The van der Waals surface area contributed by atoms with E-state index in [1.54, 1.807) is 30.4 Å². The van der Waals surface area contributed by atoms with E-state index in [-0.39, 0.29) is 23.0 Å². The highest BCUT2D eigenvalue weighted by Gasteiger charge is 2.21. The maximum atomic E-state index is 12.5. The summed E-state index contributed by atoms with van der Waals surface area (Å²) in [6.07, 6.45) is 3.11. The molecule has 1 aromatic carbocycles. The number of rotatable bonds is 5. The van der Waals surface area contributed by atoms with Gasteiger partial charge in [0.25, 0.3) is 5.56 Å². The van der Waals surface area contributed by atoms with Crippen molar-refractivity contribution >= 4 is 44.9 Å². The largest absolute Gasteiger partial charge is 0.507 e. The number of hydrogen-bond acceptors (Lipinski definition) is 6. The summed E-state index contributed by atoms with van der Waals surface area (Å²) in [5.41, 5.74) is 3.13. The number of thioether (sulfide) groups is 1. The summed E-state index contributed by atoms with van der Waals surface area (Å²) in [6.45, 7) is 3.59. The van der Waals surface area contributed by atoms with Gasteiger partial charge in [0.05, 0.1) is 16.9 Å². The fourth-order valence-electron chi connectivity index (χ4n) is 3.51. The van der Waals surface area contributed by atoms with E-state index in [0.29, 0.717) is 22.8 Å². The van der Waals surface area contributed by atoms with Crippen molar-refractivity contribution in [1.29, 1.82) is 0 Å². The van der Waals surface area contributed by atoms with E-state index < -0.39 is 0 Å². The standard InChI is InChI=1S/C20H21N3O3S2/c1-10-6-7-13(11(2)18(10)25)21-16(24)9-27-8-15-22-19(26)17-12-4-3-5-14(12)28-20(17)23-15/h6-7,25H,3-5,8-9H2,1-2H3,(H,21,24)(H,22,23,26). The highest BCUT2D eigenvalue weighted by molar-refractivity contribution is 7.99. The molecule has 1 amide bonds. The Bertz CT molecular complexity index is 1130. The van der Waals surface area contributed by atoms with E-state index in [9.17, 15) is 14.7 Å². The molecule has 2 heterocycles. The van der Waals surface area contributed by atoms with E-state index in [0.717, 1.165) is 35.0 Å². The van der Waals surface area contributed by atoms with Crippen LogP contribution in [0.15, 0.2) is 16.9 Å². The number of thiophene rings is 1. The van der Waals surface area contributed by atoms with Crippen LogP contribution < -0.4 is 10.9 Å². The molecule has 0 saturated heterocycles. The number of nitrogens with zero attached hydrogens (tertiary/aromatic N) is 1. The van der Waals surface area contributed by atoms with Crippen LogP contribution in [-0.2, 0) is 23.4 Å². The molecule has 4 rings (SSSR count). The lowest BCUT2D eigenvalue weighted by Crippen LogP contribution is -2.16. The molecule has 2 aromatic heterocycles. The molecular formula is C20H21N3O3S2. The summed E-state index contributed by atoms with van der Waals surface area (Å²) in [6, 6.07) is 3.56. The number of anilines is 1. The van der Waals surface area contributed by atoms with Crippen molar-refractivity contribution in [1.82, 2.24) is 9.97 Å². The first-order valence-corrected chi connectivity index (χ1v) is 11.1. The van der Waals surface area contributed by atoms with Crippen molar-refractivity contribution < 1.29 is 9.90 Å². The molecule has 1 aliphatic rings. The molecule has 6 nitrogen and oxygen atoms in total. The van der Waals surface area contributed by atoms with E-state index in [4.69, 9.17) is 0 Å². The number of hydrogen-bond donors (Lipinski definition) is 3. The van der Waals surface area contributed by atoms with Crippen LogP contribution in [0.5, 0.6) is 5.75 Å². The molecule has 0 spiro atoms. The number of nitrogens with one attached hydrogen (secondary N) is 2. The molecule has 146 valence electrons. The van der Waals surface area contributed by atoms with Crippen molar-refractivity contribution in [3.05, 3.63) is 49.9 Å². The number of carbonyl (C=O) groups is 1. The fraction of sp³-hybridized carbons (Fsp3) is 0.350. The number of amides is 1. The van der Waals surface area contributed by atoms with Gasteiger partial charge < -0.3 is 15.4 Å². The number of phenolic OH excluding ortho intramolecular Hbond substituents is 1. The third-order valence-electron chi connectivity index (χ3n) is 5.00. The molecule has 0 unspecified atom stereocenters. The summed E-state index contributed by atoms with van der Waals surface area (Å²) in [5.74, 6) is 1.33. The molecule has 3 aromatic rings. The molecule has 0 radical (unpaired) electrons. The molecular weight excluding hydrogens is 394 g/mol. The quantitative estimate of drug-likeness (QED) is 0.591. The minimum Gasteiger partial charge on any atom is -0.507 e. The van der Waals surface area contributed by atoms with Crippen molar-refractivity contribution in [3.8, 4) is 5.75 Å². The number of benzene rings is 1. The lowest BCUT2D eigenvalue weighted by molar-refractivity contribution is -0.113. The summed E-state index contributed by atoms with van der Waals surface area (Å²) in [5, 5.41) is 13.6. The zero-order valence-electron chi connectivity index (χ0n) is 15.7. The molecule has 3 N–H and O–H groups in total. The van der Waals surface area contributed by atoms with Gasteiger partial charge in [0.2, 0.25) is 5.91 Å². The Morgan fingerprint density at radius 3 is 3.00 bits per heavy atom. The molecule has 0 saturated carbocycles. The van der Waals surface area contributed by atoms with Crippen LogP contribution in [0.2, 0.25) is 0 Å². The number of H-pyrrole nitrogens is 1. The van der Waals surface area contributed by atoms with Gasteiger partial charge in [-0.15, -0.1) is 23.1 Å². The maximum Gasteiger partial charge on any atom is 0.259 e. The predicted octanol–water partition coefficient (Wildman–Crippen LogP) is 3.67. The van der Waals surface area contributed by atoms with Gasteiger partial charge in [-0.25, -0.2) is 4.98 Å². The van der Waals surface area contributed by atoms with E-state index in [1.807, 2.05) is 6.92 Å². The average molecular weight is 416 g/mol. The van der Waals surface area contributed by atoms with Crippen LogP contribution >= 0.6 is 23.1 Å². The number of aryl methyl sites for hydroxylation is 3. The second-order valence-electron chi connectivity index (χ2n) is 6.99. The predicted molar refractivity (Wildman–Crippen MR) is 115 cm³/mol. The van der Waals surface area contributed by atoms with E-state index >= 15 is 0 Å². The number of carbonyl (C=O) groups excluding carboxylic acids is 1. The van der Waals surface area contributed by atoms with Gasteiger partial charge in [0, 0.05) is 16.1 Å². The van der Waals surface area contributed by atoms with Gasteiger partial charge in [-0.3, -0.25) is 9.59 Å². The van der Waals surface area contributed by atoms with Gasteiger partial charge in [0.15, 0.2) is 0 Å². The minimum atomic E-state index is -0.158. The van der Waals surface area contributed by atoms with E-state index in [1.165, 1.54) is 22.2 Å². The van der Waals surface area contributed by atoms with Gasteiger partial charge in [0.1, 0.15) is 16.4 Å². The summed E-state index contributed by atoms with van der Waals surface area (Å²) in [4.78, 5) is 34.2. The van der Waals surface area contributed by atoms with Crippen LogP contribution in [0, 0.1) is 13.8 Å². The number of phenols is 1. The zero-order valence-corrected chi connectivity index (χ0v) is 17.4. The Morgan fingerprint density at radius 2 is 2.18 bits per heavy atom. The number of aromatic hydroxyl groups is 1. The van der Waals surface area contributed by atoms with Gasteiger partial charge in [-0.05, 0) is 50.3 Å². The summed E-state index contributed by atoms with van der Waals surface area (Å²) >= 11 is 3.01. The number of fused-ring (bicyclic) bond motifs is 3. The van der Waals surface area contributed by atoms with Crippen LogP contribution in [0.25, 0.3) is 10.2 Å². The summed E-state index contributed by atoms with van der Waals surface area (Å²) < 4.78 is 0. The van der Waals surface area contributed by atoms with Crippen LogP contribution in [0.1, 0.15) is 33.8 Å². The molecule has 0 bridgehead atoms. The Hall–Kier alpha value is -2.32. The van der Waals surface area contributed by atoms with Crippen molar-refractivity contribution in [2.24, 2.45) is 0 Å². The van der Waals surface area contributed by atoms with Gasteiger partial charge in [-0.2, -0.15) is 0 Å². The smallest absolute Gasteiger partial charge is 0.259 e. The zero-order chi connectivity index (χ0) is 19.8. The monoisotopic (exact) mass is 415 g/mol. The molecule has 8 heteroatoms. The number of aromatic amines is 1. The normalized spacial score (nSPS) is 13.1. The van der Waals surface area contributed by atoms with Crippen molar-refractivity contribution in [2.75, 3.05) is 11.1 Å². The van der Waals surface area contributed by atoms with Crippen molar-refractivity contribution in [2.45, 2.75) is 38.9 Å². The van der Waals surface area contributed by atoms with Gasteiger partial charge >= 0.3 is 0 Å². The second-order valence-corrected chi connectivity index (χ2v) is 9.06. The highest BCUT2D eigenvalue weighted by Crippen LogP contribution is 2.34. The van der Waals surface area contributed by atoms with Crippen molar-refractivity contribution in [3.63, 3.8) is 0 Å². The molecule has 1 aliphatic carbocycles. The first-order chi connectivity index (χ1) is 13.4. The van der Waals surface area contributed by atoms with Crippen LogP contribution in [0.3, 0.4) is 0 Å².